The molecule has 112 valence electrons. The summed E-state index contributed by atoms with van der Waals surface area (Å²) < 4.78 is 13.5. The Morgan fingerprint density at radius 1 is 1.14 bits per heavy atom. The topological polar surface area (TPSA) is 29.3 Å². The number of nitrogens with zero attached hydrogens (tertiary/aromatic N) is 1. The van der Waals surface area contributed by atoms with Crippen molar-refractivity contribution in [3.05, 3.63) is 65.5 Å². The van der Waals surface area contributed by atoms with Crippen LogP contribution in [0.15, 0.2) is 48.5 Å². The van der Waals surface area contributed by atoms with Gasteiger partial charge in [0.2, 0.25) is 0 Å². The average Bonchev–Trinajstić information content (AvgIpc) is 2.46. The third-order valence-corrected chi connectivity index (χ3v) is 3.52. The highest BCUT2D eigenvalue weighted by Gasteiger charge is 2.12. The average molecular weight is 286 g/mol. The lowest BCUT2D eigenvalue weighted by Crippen LogP contribution is -2.25. The zero-order chi connectivity index (χ0) is 15.2. The number of hydrogen-bond acceptors (Lipinski definition) is 2. The van der Waals surface area contributed by atoms with Crippen molar-refractivity contribution in [2.45, 2.75) is 32.9 Å². The molecular weight excluding hydrogens is 263 g/mol. The van der Waals surface area contributed by atoms with E-state index in [2.05, 4.69) is 24.0 Å². The predicted molar refractivity (Wildman–Crippen MR) is 86.9 cm³/mol. The molecule has 2 N–H and O–H groups in total. The monoisotopic (exact) mass is 286 g/mol. The molecule has 0 fully saturated rings. The predicted octanol–water partition coefficient (Wildman–Crippen LogP) is 3.74. The standard InChI is InChI=1S/C18H23FN2/c1-3-21(13-15-7-5-4-6-8-15)18-10-9-17(19)12-16(18)11-14(2)20/h4-10,12,14H,3,11,13,20H2,1-2H3. The fourth-order valence-electron chi connectivity index (χ4n) is 2.54. The zero-order valence-corrected chi connectivity index (χ0v) is 12.7. The number of nitrogens with two attached hydrogens (primary N) is 1. The molecule has 0 spiro atoms. The summed E-state index contributed by atoms with van der Waals surface area (Å²) >= 11 is 0. The number of halogens is 1. The molecule has 0 heterocycles. The second kappa shape index (κ2) is 7.23. The summed E-state index contributed by atoms with van der Waals surface area (Å²) in [7, 11) is 0. The largest absolute Gasteiger partial charge is 0.367 e. The van der Waals surface area contributed by atoms with Crippen molar-refractivity contribution < 1.29 is 4.39 Å². The second-order valence-electron chi connectivity index (χ2n) is 5.45. The third kappa shape index (κ3) is 4.30. The Labute approximate surface area is 126 Å². The van der Waals surface area contributed by atoms with E-state index in [1.807, 2.05) is 31.2 Å². The first-order chi connectivity index (χ1) is 10.1. The molecule has 0 saturated heterocycles. The van der Waals surface area contributed by atoms with Crippen LogP contribution >= 0.6 is 0 Å². The lowest BCUT2D eigenvalue weighted by Gasteiger charge is -2.26. The Morgan fingerprint density at radius 2 is 1.86 bits per heavy atom. The van der Waals surface area contributed by atoms with Gasteiger partial charge in [0, 0.05) is 24.8 Å². The molecule has 2 aromatic carbocycles. The van der Waals surface area contributed by atoms with Gasteiger partial charge in [0.15, 0.2) is 0 Å². The quantitative estimate of drug-likeness (QED) is 0.876. The Bertz CT molecular complexity index is 567. The van der Waals surface area contributed by atoms with Crippen LogP contribution in [0.25, 0.3) is 0 Å². The highest BCUT2D eigenvalue weighted by Crippen LogP contribution is 2.24. The maximum atomic E-state index is 13.5. The minimum atomic E-state index is -0.204. The molecule has 2 aromatic rings. The summed E-state index contributed by atoms with van der Waals surface area (Å²) in [6.45, 7) is 5.74. The summed E-state index contributed by atoms with van der Waals surface area (Å²) in [5, 5.41) is 0. The first kappa shape index (κ1) is 15.5. The summed E-state index contributed by atoms with van der Waals surface area (Å²) in [6, 6.07) is 15.3. The first-order valence-electron chi connectivity index (χ1n) is 7.43. The molecule has 0 aliphatic rings. The van der Waals surface area contributed by atoms with Crippen molar-refractivity contribution in [1.29, 1.82) is 0 Å². The van der Waals surface area contributed by atoms with Crippen LogP contribution in [0.4, 0.5) is 10.1 Å². The lowest BCUT2D eigenvalue weighted by atomic mass is 10.0. The van der Waals surface area contributed by atoms with Crippen molar-refractivity contribution in [2.24, 2.45) is 5.73 Å². The van der Waals surface area contributed by atoms with Crippen LogP contribution < -0.4 is 10.6 Å². The molecule has 0 aliphatic carbocycles. The zero-order valence-electron chi connectivity index (χ0n) is 12.7. The minimum Gasteiger partial charge on any atom is -0.367 e. The summed E-state index contributed by atoms with van der Waals surface area (Å²) in [4.78, 5) is 2.26. The van der Waals surface area contributed by atoms with Gasteiger partial charge in [-0.3, -0.25) is 0 Å². The Kier molecular flexibility index (Phi) is 5.34. The van der Waals surface area contributed by atoms with Gasteiger partial charge in [-0.2, -0.15) is 0 Å². The van der Waals surface area contributed by atoms with Crippen molar-refractivity contribution >= 4 is 5.69 Å². The van der Waals surface area contributed by atoms with Gasteiger partial charge >= 0.3 is 0 Å². The van der Waals surface area contributed by atoms with E-state index in [1.54, 1.807) is 6.07 Å². The third-order valence-electron chi connectivity index (χ3n) is 3.52. The van der Waals surface area contributed by atoms with Gasteiger partial charge in [-0.1, -0.05) is 30.3 Å². The lowest BCUT2D eigenvalue weighted by molar-refractivity contribution is 0.621. The number of hydrogen-bond donors (Lipinski definition) is 1. The van der Waals surface area contributed by atoms with Gasteiger partial charge in [0.1, 0.15) is 5.82 Å². The van der Waals surface area contributed by atoms with Gasteiger partial charge in [-0.05, 0) is 49.6 Å². The molecule has 0 amide bonds. The highest BCUT2D eigenvalue weighted by molar-refractivity contribution is 5.54. The second-order valence-corrected chi connectivity index (χ2v) is 5.45. The molecule has 0 aliphatic heterocycles. The van der Waals surface area contributed by atoms with Crippen molar-refractivity contribution in [1.82, 2.24) is 0 Å². The van der Waals surface area contributed by atoms with Crippen LogP contribution in [0, 0.1) is 5.82 Å². The van der Waals surface area contributed by atoms with E-state index >= 15 is 0 Å². The van der Waals surface area contributed by atoms with Gasteiger partial charge in [0.05, 0.1) is 0 Å². The Morgan fingerprint density at radius 3 is 2.48 bits per heavy atom. The molecule has 1 unspecified atom stereocenters. The van der Waals surface area contributed by atoms with Crippen LogP contribution in [-0.4, -0.2) is 12.6 Å². The molecule has 2 rings (SSSR count). The van der Waals surface area contributed by atoms with Crippen LogP contribution in [0.3, 0.4) is 0 Å². The summed E-state index contributed by atoms with van der Waals surface area (Å²) in [5.74, 6) is -0.204. The van der Waals surface area contributed by atoms with Crippen LogP contribution in [0.1, 0.15) is 25.0 Å². The Hall–Kier alpha value is -1.87. The van der Waals surface area contributed by atoms with Gasteiger partial charge in [-0.25, -0.2) is 4.39 Å². The van der Waals surface area contributed by atoms with Crippen molar-refractivity contribution in [3.63, 3.8) is 0 Å². The van der Waals surface area contributed by atoms with E-state index in [1.165, 1.54) is 11.6 Å². The van der Waals surface area contributed by atoms with Crippen molar-refractivity contribution in [3.8, 4) is 0 Å². The molecule has 2 nitrogen and oxygen atoms in total. The van der Waals surface area contributed by atoms with Gasteiger partial charge in [0.25, 0.3) is 0 Å². The van der Waals surface area contributed by atoms with E-state index in [0.717, 1.165) is 24.3 Å². The molecule has 0 bridgehead atoms. The fraction of sp³-hybridized carbons (Fsp3) is 0.333. The molecule has 1 atom stereocenters. The smallest absolute Gasteiger partial charge is 0.123 e. The summed E-state index contributed by atoms with van der Waals surface area (Å²) in [5.41, 5.74) is 9.19. The molecule has 0 saturated carbocycles. The molecule has 3 heteroatoms. The van der Waals surface area contributed by atoms with Gasteiger partial charge < -0.3 is 10.6 Å². The number of rotatable bonds is 6. The molecular formula is C18H23FN2. The Balaban J connectivity index is 2.28. The maximum Gasteiger partial charge on any atom is 0.123 e. The maximum absolute atomic E-state index is 13.5. The highest BCUT2D eigenvalue weighted by atomic mass is 19.1. The van der Waals surface area contributed by atoms with E-state index in [4.69, 9.17) is 5.73 Å². The van der Waals surface area contributed by atoms with Crippen LogP contribution in [0.2, 0.25) is 0 Å². The fourth-order valence-corrected chi connectivity index (χ4v) is 2.54. The van der Waals surface area contributed by atoms with Crippen LogP contribution in [0.5, 0.6) is 0 Å². The molecule has 0 radical (unpaired) electrons. The number of benzene rings is 2. The van der Waals surface area contributed by atoms with E-state index < -0.39 is 0 Å². The van der Waals surface area contributed by atoms with E-state index in [9.17, 15) is 4.39 Å². The minimum absolute atomic E-state index is 0.0148. The first-order valence-corrected chi connectivity index (χ1v) is 7.43. The normalized spacial score (nSPS) is 12.2. The van der Waals surface area contributed by atoms with Crippen molar-refractivity contribution in [2.75, 3.05) is 11.4 Å². The van der Waals surface area contributed by atoms with Gasteiger partial charge in [-0.15, -0.1) is 0 Å². The summed E-state index contributed by atoms with van der Waals surface area (Å²) in [6.07, 6.45) is 0.679. The molecule has 0 aromatic heterocycles. The molecule has 21 heavy (non-hydrogen) atoms. The van der Waals surface area contributed by atoms with Crippen LogP contribution in [-0.2, 0) is 13.0 Å². The SMILES string of the molecule is CCN(Cc1ccccc1)c1ccc(F)cc1CC(C)N. The van der Waals surface area contributed by atoms with E-state index in [-0.39, 0.29) is 11.9 Å². The number of anilines is 1. The van der Waals surface area contributed by atoms with E-state index in [0.29, 0.717) is 6.42 Å².